The molecule has 1 saturated heterocycles. The topological polar surface area (TPSA) is 98.1 Å². The Morgan fingerprint density at radius 1 is 1.24 bits per heavy atom. The largest absolute Gasteiger partial charge is 0.481 e. The summed E-state index contributed by atoms with van der Waals surface area (Å²) in [6, 6.07) is 9.87. The maximum Gasteiger partial charge on any atom is 0.305 e. The number of aliphatic hydroxyl groups excluding tert-OH is 2. The smallest absolute Gasteiger partial charge is 0.305 e. The van der Waals surface area contributed by atoms with Crippen molar-refractivity contribution < 1.29 is 24.9 Å². The highest BCUT2D eigenvalue weighted by Gasteiger charge is 2.36. The second-order valence-electron chi connectivity index (χ2n) is 6.97. The summed E-state index contributed by atoms with van der Waals surface area (Å²) in [6.45, 7) is 2.60. The zero-order chi connectivity index (χ0) is 18.4. The lowest BCUT2D eigenvalue weighted by Crippen LogP contribution is -2.35. The van der Waals surface area contributed by atoms with Crippen molar-refractivity contribution in [2.24, 2.45) is 5.92 Å². The predicted molar refractivity (Wildman–Crippen MR) is 92.7 cm³/mol. The first-order valence-corrected chi connectivity index (χ1v) is 8.78. The number of likely N-dealkylation sites (tertiary alicyclic amines) is 1. The van der Waals surface area contributed by atoms with Gasteiger partial charge in [0.05, 0.1) is 18.6 Å². The summed E-state index contributed by atoms with van der Waals surface area (Å²) in [5.41, 5.74) is 1.08. The van der Waals surface area contributed by atoms with Crippen LogP contribution in [0.15, 0.2) is 30.3 Å². The number of rotatable bonds is 9. The number of amides is 1. The number of aliphatic carboxylic acids is 1. The van der Waals surface area contributed by atoms with Gasteiger partial charge in [-0.3, -0.25) is 9.59 Å². The van der Waals surface area contributed by atoms with E-state index in [0.29, 0.717) is 25.8 Å². The number of hydrogen-bond donors (Lipinski definition) is 3. The first-order valence-electron chi connectivity index (χ1n) is 8.78. The van der Waals surface area contributed by atoms with E-state index in [4.69, 9.17) is 5.11 Å². The number of aliphatic hydroxyl groups is 2. The minimum atomic E-state index is -1.08. The molecule has 0 aliphatic carbocycles. The van der Waals surface area contributed by atoms with E-state index in [0.717, 1.165) is 5.56 Å². The molecule has 6 heteroatoms. The number of benzene rings is 1. The van der Waals surface area contributed by atoms with Gasteiger partial charge in [-0.1, -0.05) is 37.3 Å². The number of carbonyl (C=O) groups is 2. The van der Waals surface area contributed by atoms with Crippen LogP contribution in [0.4, 0.5) is 0 Å². The Morgan fingerprint density at radius 3 is 2.56 bits per heavy atom. The molecule has 1 amide bonds. The van der Waals surface area contributed by atoms with Crippen molar-refractivity contribution in [3.8, 4) is 0 Å². The summed E-state index contributed by atoms with van der Waals surface area (Å²) >= 11 is 0. The Morgan fingerprint density at radius 2 is 1.92 bits per heavy atom. The molecule has 0 spiro atoms. The van der Waals surface area contributed by atoms with Crippen LogP contribution >= 0.6 is 0 Å². The zero-order valence-electron chi connectivity index (χ0n) is 14.5. The lowest BCUT2D eigenvalue weighted by molar-refractivity contribution is -0.139. The first-order chi connectivity index (χ1) is 11.9. The molecule has 3 N–H and O–H groups in total. The minimum Gasteiger partial charge on any atom is -0.481 e. The lowest BCUT2D eigenvalue weighted by atomic mass is 9.95. The van der Waals surface area contributed by atoms with E-state index < -0.39 is 18.2 Å². The molecule has 1 aromatic rings. The molecule has 1 fully saturated rings. The van der Waals surface area contributed by atoms with Crippen LogP contribution in [0.3, 0.4) is 0 Å². The number of carboxylic acids is 1. The third kappa shape index (κ3) is 5.83. The molecule has 25 heavy (non-hydrogen) atoms. The molecule has 6 nitrogen and oxygen atoms in total. The summed E-state index contributed by atoms with van der Waals surface area (Å²) in [5, 5.41) is 28.3. The fraction of sp³-hybridized carbons (Fsp3) is 0.579. The highest BCUT2D eigenvalue weighted by atomic mass is 16.4. The van der Waals surface area contributed by atoms with Crippen LogP contribution in [0.1, 0.15) is 44.6 Å². The van der Waals surface area contributed by atoms with Crippen molar-refractivity contribution in [3.05, 3.63) is 35.9 Å². The Hall–Kier alpha value is -1.92. The third-order valence-electron chi connectivity index (χ3n) is 4.82. The van der Waals surface area contributed by atoms with Crippen LogP contribution in [0, 0.1) is 5.92 Å². The molecule has 0 radical (unpaired) electrons. The minimum absolute atomic E-state index is 0.0417. The van der Waals surface area contributed by atoms with Crippen molar-refractivity contribution in [3.63, 3.8) is 0 Å². The van der Waals surface area contributed by atoms with E-state index in [2.05, 4.69) is 0 Å². The third-order valence-corrected chi connectivity index (χ3v) is 4.82. The molecule has 138 valence electrons. The number of hydrogen-bond acceptors (Lipinski definition) is 4. The van der Waals surface area contributed by atoms with Gasteiger partial charge in [-0.25, -0.2) is 0 Å². The maximum atomic E-state index is 12.3. The van der Waals surface area contributed by atoms with Crippen LogP contribution in [0.5, 0.6) is 0 Å². The van der Waals surface area contributed by atoms with Crippen molar-refractivity contribution >= 4 is 11.9 Å². The van der Waals surface area contributed by atoms with Crippen molar-refractivity contribution in [1.29, 1.82) is 0 Å². The zero-order valence-corrected chi connectivity index (χ0v) is 14.5. The van der Waals surface area contributed by atoms with Gasteiger partial charge in [0.1, 0.15) is 0 Å². The molecule has 0 aromatic heterocycles. The van der Waals surface area contributed by atoms with Crippen LogP contribution < -0.4 is 0 Å². The van der Waals surface area contributed by atoms with Crippen molar-refractivity contribution in [2.45, 2.75) is 63.8 Å². The van der Waals surface area contributed by atoms with Gasteiger partial charge in [0, 0.05) is 19.0 Å². The summed E-state index contributed by atoms with van der Waals surface area (Å²) in [4.78, 5) is 24.7. The average molecular weight is 349 g/mol. The Bertz CT molecular complexity index is 576. The van der Waals surface area contributed by atoms with Crippen LogP contribution in [-0.4, -0.2) is 50.3 Å². The monoisotopic (exact) mass is 349 g/mol. The number of nitrogens with zero attached hydrogens (tertiary/aromatic N) is 1. The van der Waals surface area contributed by atoms with Crippen LogP contribution in [-0.2, 0) is 16.1 Å². The van der Waals surface area contributed by atoms with Gasteiger partial charge in [0.15, 0.2) is 0 Å². The standard InChI is InChI=1S/C19H27NO5/c1-13-9-18(23)20(12-14-5-3-2-4-6-14)17(13)8-7-15(21)10-16(22)11-19(24)25/h2-6,13,15-17,21-22H,7-12H2,1H3,(H,24,25)/t13-,15-,16+,17-/m0/s1. The van der Waals surface area contributed by atoms with E-state index in [1.54, 1.807) is 0 Å². The van der Waals surface area contributed by atoms with E-state index in [-0.39, 0.29) is 30.7 Å². The summed E-state index contributed by atoms with van der Waals surface area (Å²) in [6.07, 6.45) is -0.554. The summed E-state index contributed by atoms with van der Waals surface area (Å²) < 4.78 is 0. The number of carboxylic acid groups (broad SMARTS) is 1. The second kappa shape index (κ2) is 8.97. The highest BCUT2D eigenvalue weighted by Crippen LogP contribution is 2.30. The number of carbonyl (C=O) groups excluding carboxylic acids is 1. The van der Waals surface area contributed by atoms with E-state index >= 15 is 0 Å². The molecule has 1 aliphatic rings. The molecule has 1 heterocycles. The normalized spacial score (nSPS) is 22.8. The summed E-state index contributed by atoms with van der Waals surface area (Å²) in [7, 11) is 0. The Balaban J connectivity index is 1.89. The van der Waals surface area contributed by atoms with Gasteiger partial charge in [-0.2, -0.15) is 0 Å². The van der Waals surface area contributed by atoms with E-state index in [1.807, 2.05) is 42.2 Å². The summed E-state index contributed by atoms with van der Waals surface area (Å²) in [5.74, 6) is -0.738. The fourth-order valence-corrected chi connectivity index (χ4v) is 3.53. The van der Waals surface area contributed by atoms with Crippen molar-refractivity contribution in [1.82, 2.24) is 4.90 Å². The molecule has 1 aromatic carbocycles. The Labute approximate surface area is 148 Å². The fourth-order valence-electron chi connectivity index (χ4n) is 3.53. The van der Waals surface area contributed by atoms with Gasteiger partial charge in [-0.15, -0.1) is 0 Å². The molecular formula is C19H27NO5. The maximum absolute atomic E-state index is 12.3. The molecule has 4 atom stereocenters. The predicted octanol–water partition coefficient (Wildman–Crippen LogP) is 1.79. The SMILES string of the molecule is C[C@H]1CC(=O)N(Cc2ccccc2)[C@H]1CC[C@H](O)C[C@@H](O)CC(=O)O. The lowest BCUT2D eigenvalue weighted by Gasteiger charge is -2.28. The van der Waals surface area contributed by atoms with Gasteiger partial charge in [0.2, 0.25) is 5.91 Å². The molecule has 0 bridgehead atoms. The van der Waals surface area contributed by atoms with Gasteiger partial charge < -0.3 is 20.2 Å². The molecule has 2 rings (SSSR count). The van der Waals surface area contributed by atoms with Crippen molar-refractivity contribution in [2.75, 3.05) is 0 Å². The molecule has 1 aliphatic heterocycles. The quantitative estimate of drug-likeness (QED) is 0.631. The van der Waals surface area contributed by atoms with Gasteiger partial charge in [0.25, 0.3) is 0 Å². The molecule has 0 saturated carbocycles. The first kappa shape index (κ1) is 19.4. The van der Waals surface area contributed by atoms with Gasteiger partial charge >= 0.3 is 5.97 Å². The van der Waals surface area contributed by atoms with E-state index in [9.17, 15) is 19.8 Å². The molecular weight excluding hydrogens is 322 g/mol. The van der Waals surface area contributed by atoms with E-state index in [1.165, 1.54) is 0 Å². The molecule has 0 unspecified atom stereocenters. The van der Waals surface area contributed by atoms with Crippen LogP contribution in [0.2, 0.25) is 0 Å². The van der Waals surface area contributed by atoms with Gasteiger partial charge in [-0.05, 0) is 30.7 Å². The highest BCUT2D eigenvalue weighted by molar-refractivity contribution is 5.79. The Kier molecular flexibility index (Phi) is 6.96. The average Bonchev–Trinajstić information content (AvgIpc) is 2.79. The van der Waals surface area contributed by atoms with Crippen LogP contribution in [0.25, 0.3) is 0 Å². The second-order valence-corrected chi connectivity index (χ2v) is 6.97.